The number of alkyl halides is 2. The number of halogens is 2. The van der Waals surface area contributed by atoms with E-state index in [1.165, 1.54) is 31.3 Å². The van der Waals surface area contributed by atoms with Gasteiger partial charge in [-0.3, -0.25) is 0 Å². The summed E-state index contributed by atoms with van der Waals surface area (Å²) in [6.07, 6.45) is 0. The number of rotatable bonds is 5. The zero-order chi connectivity index (χ0) is 17.7. The van der Waals surface area contributed by atoms with E-state index in [0.717, 1.165) is 0 Å². The maximum Gasteiger partial charge on any atom is 0.355 e. The number of carbonyl (C=O) groups excluding carboxylic acids is 2. The molecule has 0 radical (unpaired) electrons. The Morgan fingerprint density at radius 1 is 1.17 bits per heavy atom. The van der Waals surface area contributed by atoms with Crippen LogP contribution in [0.25, 0.3) is 0 Å². The fourth-order valence-electron chi connectivity index (χ4n) is 2.15. The van der Waals surface area contributed by atoms with Crippen LogP contribution in [0.2, 0.25) is 0 Å². The quantitative estimate of drug-likeness (QED) is 0.591. The molecule has 0 fully saturated rings. The Labute approximate surface area is 141 Å². The number of carbonyl (C=O) groups is 2. The van der Waals surface area contributed by atoms with Crippen molar-refractivity contribution in [3.63, 3.8) is 0 Å². The third-order valence-electron chi connectivity index (χ3n) is 3.21. The van der Waals surface area contributed by atoms with Crippen LogP contribution in [0.4, 0.5) is 14.5 Å². The maximum atomic E-state index is 12.4. The Morgan fingerprint density at radius 2 is 1.79 bits per heavy atom. The summed E-state index contributed by atoms with van der Waals surface area (Å²) in [5.74, 6) is -3.94. The second-order valence-electron chi connectivity index (χ2n) is 4.59. The summed E-state index contributed by atoms with van der Waals surface area (Å²) in [5, 5.41) is 0. The highest BCUT2D eigenvalue weighted by Crippen LogP contribution is 2.30. The molecule has 2 rings (SSSR count). The lowest BCUT2D eigenvalue weighted by Gasteiger charge is -2.31. The summed E-state index contributed by atoms with van der Waals surface area (Å²) >= 11 is 0.414. The second-order valence-corrected chi connectivity index (χ2v) is 5.65. The van der Waals surface area contributed by atoms with Crippen molar-refractivity contribution in [2.75, 3.05) is 32.5 Å². The van der Waals surface area contributed by atoms with Crippen LogP contribution in [0, 0.1) is 0 Å². The van der Waals surface area contributed by atoms with Gasteiger partial charge in [0.15, 0.2) is 0 Å². The molecule has 0 atom stereocenters. The third kappa shape index (κ3) is 4.04. The number of hydrogen-bond donors (Lipinski definition) is 0. The Hall–Kier alpha value is -2.13. The number of anilines is 1. The Balaban J connectivity index is 2.39. The molecule has 0 saturated heterocycles. The van der Waals surface area contributed by atoms with E-state index in [9.17, 15) is 18.4 Å². The van der Waals surface area contributed by atoms with Gasteiger partial charge in [-0.1, -0.05) is 11.8 Å². The van der Waals surface area contributed by atoms with E-state index in [0.29, 0.717) is 22.3 Å². The molecule has 1 aliphatic rings. The minimum atomic E-state index is -2.52. The maximum absolute atomic E-state index is 12.4. The van der Waals surface area contributed by atoms with Crippen molar-refractivity contribution in [2.45, 2.75) is 10.7 Å². The van der Waals surface area contributed by atoms with Crippen LogP contribution >= 0.6 is 11.8 Å². The fourth-order valence-corrected chi connectivity index (χ4v) is 2.65. The van der Waals surface area contributed by atoms with Crippen molar-refractivity contribution in [3.8, 4) is 0 Å². The summed E-state index contributed by atoms with van der Waals surface area (Å²) in [7, 11) is 2.39. The molecule has 1 aromatic rings. The second kappa shape index (κ2) is 8.11. The monoisotopic (exact) mass is 359 g/mol. The molecule has 0 bridgehead atoms. The van der Waals surface area contributed by atoms with Crippen LogP contribution in [0.15, 0.2) is 40.4 Å². The zero-order valence-electron chi connectivity index (χ0n) is 13.0. The zero-order valence-corrected chi connectivity index (χ0v) is 13.8. The minimum absolute atomic E-state index is 0.00450. The van der Waals surface area contributed by atoms with Crippen molar-refractivity contribution in [2.24, 2.45) is 0 Å². The van der Waals surface area contributed by atoms with Crippen LogP contribution in [0.1, 0.15) is 0 Å². The molecular formula is C15H15F2NO5S. The number of thioether (sulfide) groups is 1. The Morgan fingerprint density at radius 3 is 2.33 bits per heavy atom. The lowest BCUT2D eigenvalue weighted by atomic mass is 10.1. The average Bonchev–Trinajstić information content (AvgIpc) is 2.60. The molecule has 0 N–H and O–H groups in total. The molecule has 0 aliphatic carbocycles. The summed E-state index contributed by atoms with van der Waals surface area (Å²) in [6.45, 7) is -0.0841. The predicted octanol–water partition coefficient (Wildman–Crippen LogP) is 2.40. The predicted molar refractivity (Wildman–Crippen MR) is 82.7 cm³/mol. The Kier molecular flexibility index (Phi) is 6.16. The number of nitrogens with zero attached hydrogens (tertiary/aromatic N) is 1. The average molecular weight is 359 g/mol. The molecule has 0 aromatic heterocycles. The van der Waals surface area contributed by atoms with Crippen molar-refractivity contribution in [1.29, 1.82) is 0 Å². The van der Waals surface area contributed by atoms with Gasteiger partial charge in [-0.2, -0.15) is 8.78 Å². The van der Waals surface area contributed by atoms with Gasteiger partial charge in [-0.15, -0.1) is 0 Å². The van der Waals surface area contributed by atoms with Gasteiger partial charge in [0.05, 0.1) is 26.4 Å². The number of methoxy groups -OCH3 is 2. The molecule has 1 aromatic carbocycles. The first-order valence-corrected chi connectivity index (χ1v) is 7.65. The molecule has 6 nitrogen and oxygen atoms in total. The van der Waals surface area contributed by atoms with Crippen molar-refractivity contribution in [1.82, 2.24) is 0 Å². The van der Waals surface area contributed by atoms with Gasteiger partial charge in [0.1, 0.15) is 12.4 Å². The van der Waals surface area contributed by atoms with E-state index in [2.05, 4.69) is 4.74 Å². The van der Waals surface area contributed by atoms with Gasteiger partial charge in [0, 0.05) is 10.6 Å². The molecule has 1 aliphatic heterocycles. The van der Waals surface area contributed by atoms with Crippen LogP contribution in [-0.2, 0) is 23.8 Å². The van der Waals surface area contributed by atoms with Gasteiger partial charge < -0.3 is 19.1 Å². The highest BCUT2D eigenvalue weighted by Gasteiger charge is 2.32. The van der Waals surface area contributed by atoms with Crippen LogP contribution < -0.4 is 4.90 Å². The first kappa shape index (κ1) is 18.2. The molecule has 0 spiro atoms. The summed E-state index contributed by atoms with van der Waals surface area (Å²) in [5.41, 5.74) is 0.529. The van der Waals surface area contributed by atoms with Crippen LogP contribution in [0.5, 0.6) is 0 Å². The highest BCUT2D eigenvalue weighted by atomic mass is 32.2. The van der Waals surface area contributed by atoms with Crippen molar-refractivity contribution in [3.05, 3.63) is 35.5 Å². The number of ether oxygens (including phenoxy) is 3. The van der Waals surface area contributed by atoms with Crippen molar-refractivity contribution >= 4 is 29.4 Å². The summed E-state index contributed by atoms with van der Waals surface area (Å²) < 4.78 is 39.5. The van der Waals surface area contributed by atoms with E-state index in [1.807, 2.05) is 0 Å². The van der Waals surface area contributed by atoms with Crippen LogP contribution in [-0.4, -0.2) is 45.3 Å². The number of benzene rings is 1. The minimum Gasteiger partial charge on any atom is -0.466 e. The molecule has 24 heavy (non-hydrogen) atoms. The van der Waals surface area contributed by atoms with E-state index in [4.69, 9.17) is 9.47 Å². The lowest BCUT2D eigenvalue weighted by Crippen LogP contribution is -2.38. The molecule has 0 unspecified atom stereocenters. The van der Waals surface area contributed by atoms with Crippen molar-refractivity contribution < 1.29 is 32.6 Å². The topological polar surface area (TPSA) is 65.1 Å². The van der Waals surface area contributed by atoms with Gasteiger partial charge in [0.2, 0.25) is 0 Å². The van der Waals surface area contributed by atoms with Gasteiger partial charge in [-0.25, -0.2) is 9.59 Å². The normalized spacial score (nSPS) is 14.8. The summed E-state index contributed by atoms with van der Waals surface area (Å²) in [4.78, 5) is 25.8. The molecular weight excluding hydrogens is 344 g/mol. The van der Waals surface area contributed by atoms with Gasteiger partial charge in [-0.05, 0) is 24.3 Å². The van der Waals surface area contributed by atoms with E-state index >= 15 is 0 Å². The SMILES string of the molecule is COC(=O)C1=C(C(=O)OC)N(c2ccc(SC(F)F)cc2)COC1. The molecule has 0 saturated carbocycles. The Bertz CT molecular complexity index is 648. The smallest absolute Gasteiger partial charge is 0.355 e. The van der Waals surface area contributed by atoms with Gasteiger partial charge in [0.25, 0.3) is 5.76 Å². The van der Waals surface area contributed by atoms with Crippen LogP contribution in [0.3, 0.4) is 0 Å². The van der Waals surface area contributed by atoms with E-state index in [-0.39, 0.29) is 24.6 Å². The third-order valence-corrected chi connectivity index (χ3v) is 3.93. The number of hydrogen-bond acceptors (Lipinski definition) is 7. The standard InChI is InChI=1S/C15H15F2NO5S/c1-21-13(19)11-7-23-8-18(12(11)14(20)22-2)9-3-5-10(6-4-9)24-15(16)17/h3-6,15H,7-8H2,1-2H3. The first-order chi connectivity index (χ1) is 11.5. The molecule has 9 heteroatoms. The molecule has 0 amide bonds. The molecule has 1 heterocycles. The highest BCUT2D eigenvalue weighted by molar-refractivity contribution is 7.99. The summed E-state index contributed by atoms with van der Waals surface area (Å²) in [6, 6.07) is 6.09. The van der Waals surface area contributed by atoms with Gasteiger partial charge >= 0.3 is 11.9 Å². The number of esters is 2. The molecule has 130 valence electrons. The van der Waals surface area contributed by atoms with E-state index < -0.39 is 17.7 Å². The van der Waals surface area contributed by atoms with E-state index in [1.54, 1.807) is 12.1 Å². The lowest BCUT2D eigenvalue weighted by molar-refractivity contribution is -0.140. The largest absolute Gasteiger partial charge is 0.466 e. The first-order valence-electron chi connectivity index (χ1n) is 6.77. The fraction of sp³-hybridized carbons (Fsp3) is 0.333.